The molecule has 1 N–H and O–H groups in total. The Labute approximate surface area is 149 Å². The van der Waals surface area contributed by atoms with Gasteiger partial charge in [0.2, 0.25) is 0 Å². The summed E-state index contributed by atoms with van der Waals surface area (Å²) in [6.45, 7) is 0.527. The molecule has 0 fully saturated rings. The average molecular weight is 359 g/mol. The number of ether oxygens (including phenoxy) is 1. The van der Waals surface area contributed by atoms with Gasteiger partial charge in [0.25, 0.3) is 5.91 Å². The summed E-state index contributed by atoms with van der Waals surface area (Å²) in [5.74, 6) is -0.184. The number of halogens is 1. The third-order valence-electron chi connectivity index (χ3n) is 3.39. The summed E-state index contributed by atoms with van der Waals surface area (Å²) in [4.78, 5) is 16.7. The second kappa shape index (κ2) is 7.57. The molecule has 2 aromatic carbocycles. The first kappa shape index (κ1) is 16.6. The lowest BCUT2D eigenvalue weighted by molar-refractivity contribution is 0.102. The molecule has 3 aromatic rings. The van der Waals surface area contributed by atoms with Gasteiger partial charge in [-0.1, -0.05) is 35.9 Å². The first-order chi connectivity index (χ1) is 11.7. The molecule has 0 unspecified atom stereocenters. The lowest BCUT2D eigenvalue weighted by atomic mass is 10.1. The van der Waals surface area contributed by atoms with Crippen LogP contribution in [0.1, 0.15) is 15.9 Å². The number of aromatic nitrogens is 1. The third kappa shape index (κ3) is 4.00. The quantitative estimate of drug-likeness (QED) is 0.708. The summed E-state index contributed by atoms with van der Waals surface area (Å²) in [5, 5.41) is 5.97. The number of anilines is 1. The van der Waals surface area contributed by atoms with Crippen LogP contribution in [-0.2, 0) is 11.3 Å². The maximum Gasteiger partial charge on any atom is 0.257 e. The fraction of sp³-hybridized carbons (Fsp3) is 0.111. The van der Waals surface area contributed by atoms with Crippen molar-refractivity contribution in [2.75, 3.05) is 12.4 Å². The van der Waals surface area contributed by atoms with Gasteiger partial charge in [-0.2, -0.15) is 0 Å². The maximum atomic E-state index is 12.3. The molecule has 0 aliphatic carbocycles. The Bertz CT molecular complexity index is 829. The number of nitrogens with zero attached hydrogens (tertiary/aromatic N) is 1. The average Bonchev–Trinajstić information content (AvgIpc) is 3.05. The molecule has 0 saturated carbocycles. The van der Waals surface area contributed by atoms with E-state index in [0.29, 0.717) is 22.3 Å². The highest BCUT2D eigenvalue weighted by atomic mass is 35.5. The molecule has 1 aromatic heterocycles. The van der Waals surface area contributed by atoms with E-state index in [9.17, 15) is 4.79 Å². The number of hydrogen-bond donors (Lipinski definition) is 1. The molecule has 0 bridgehead atoms. The highest BCUT2D eigenvalue weighted by Gasteiger charge is 2.10. The Morgan fingerprint density at radius 2 is 1.88 bits per heavy atom. The van der Waals surface area contributed by atoms with E-state index in [0.717, 1.165) is 16.8 Å². The fourth-order valence-corrected chi connectivity index (χ4v) is 3.01. The van der Waals surface area contributed by atoms with Crippen molar-refractivity contribution >= 4 is 34.0 Å². The predicted octanol–water partition coefficient (Wildman–Crippen LogP) is 4.86. The molecule has 4 nitrogen and oxygen atoms in total. The zero-order chi connectivity index (χ0) is 16.9. The van der Waals surface area contributed by atoms with Crippen LogP contribution in [-0.4, -0.2) is 18.0 Å². The van der Waals surface area contributed by atoms with Crippen LogP contribution < -0.4 is 5.32 Å². The summed E-state index contributed by atoms with van der Waals surface area (Å²) < 4.78 is 5.06. The topological polar surface area (TPSA) is 51.2 Å². The Morgan fingerprint density at radius 1 is 1.17 bits per heavy atom. The summed E-state index contributed by atoms with van der Waals surface area (Å²) in [7, 11) is 1.64. The zero-order valence-electron chi connectivity index (χ0n) is 13.0. The van der Waals surface area contributed by atoms with Gasteiger partial charge in [0.15, 0.2) is 5.13 Å². The van der Waals surface area contributed by atoms with Crippen LogP contribution in [0, 0.1) is 0 Å². The van der Waals surface area contributed by atoms with Crippen molar-refractivity contribution < 1.29 is 9.53 Å². The van der Waals surface area contributed by atoms with E-state index in [-0.39, 0.29) is 5.91 Å². The minimum absolute atomic E-state index is 0.184. The lowest BCUT2D eigenvalue weighted by Crippen LogP contribution is -2.11. The molecule has 0 radical (unpaired) electrons. The Hall–Kier alpha value is -2.21. The highest BCUT2D eigenvalue weighted by molar-refractivity contribution is 7.14. The van der Waals surface area contributed by atoms with E-state index >= 15 is 0 Å². The molecule has 0 aliphatic heterocycles. The van der Waals surface area contributed by atoms with E-state index in [4.69, 9.17) is 16.3 Å². The molecule has 0 saturated heterocycles. The predicted molar refractivity (Wildman–Crippen MR) is 97.7 cm³/mol. The second-order valence-corrected chi connectivity index (χ2v) is 6.42. The maximum absolute atomic E-state index is 12.3. The Balaban J connectivity index is 1.69. The standard InChI is InChI=1S/C18H15ClN2O2S/c1-23-10-12-2-4-14(5-3-12)17(22)21-18-20-16(11-24-18)13-6-8-15(19)9-7-13/h2-9,11H,10H2,1H3,(H,20,21,22). The van der Waals surface area contributed by atoms with Crippen LogP contribution in [0.2, 0.25) is 5.02 Å². The molecule has 24 heavy (non-hydrogen) atoms. The Kier molecular flexibility index (Phi) is 5.25. The SMILES string of the molecule is COCc1ccc(C(=O)Nc2nc(-c3ccc(Cl)cc3)cs2)cc1. The van der Waals surface area contributed by atoms with E-state index < -0.39 is 0 Å². The number of nitrogens with one attached hydrogen (secondary N) is 1. The van der Waals surface area contributed by atoms with Crippen LogP contribution in [0.5, 0.6) is 0 Å². The molecule has 1 heterocycles. The summed E-state index contributed by atoms with van der Waals surface area (Å²) in [6.07, 6.45) is 0. The van der Waals surface area contributed by atoms with Crippen LogP contribution >= 0.6 is 22.9 Å². The highest BCUT2D eigenvalue weighted by Crippen LogP contribution is 2.26. The number of carbonyl (C=O) groups is 1. The van der Waals surface area contributed by atoms with E-state index in [1.54, 1.807) is 19.2 Å². The van der Waals surface area contributed by atoms with Gasteiger partial charge in [-0.3, -0.25) is 10.1 Å². The number of thiazole rings is 1. The zero-order valence-corrected chi connectivity index (χ0v) is 14.5. The summed E-state index contributed by atoms with van der Waals surface area (Å²) in [5.41, 5.74) is 3.37. The molecule has 0 atom stereocenters. The van der Waals surface area contributed by atoms with E-state index in [2.05, 4.69) is 10.3 Å². The summed E-state index contributed by atoms with van der Waals surface area (Å²) >= 11 is 7.28. The number of methoxy groups -OCH3 is 1. The second-order valence-electron chi connectivity index (χ2n) is 5.13. The van der Waals surface area contributed by atoms with Crippen LogP contribution in [0.15, 0.2) is 53.9 Å². The van der Waals surface area contributed by atoms with Gasteiger partial charge in [0, 0.05) is 28.6 Å². The van der Waals surface area contributed by atoms with E-state index in [1.807, 2.05) is 41.8 Å². The van der Waals surface area contributed by atoms with Gasteiger partial charge < -0.3 is 4.74 Å². The molecule has 6 heteroatoms. The fourth-order valence-electron chi connectivity index (χ4n) is 2.17. The lowest BCUT2D eigenvalue weighted by Gasteiger charge is -2.03. The van der Waals surface area contributed by atoms with Crippen LogP contribution in [0.25, 0.3) is 11.3 Å². The monoisotopic (exact) mass is 358 g/mol. The molecule has 3 rings (SSSR count). The molecule has 1 amide bonds. The minimum Gasteiger partial charge on any atom is -0.380 e. The molecule has 0 aliphatic rings. The van der Waals surface area contributed by atoms with Crippen molar-refractivity contribution in [3.8, 4) is 11.3 Å². The normalized spacial score (nSPS) is 10.6. The summed E-state index contributed by atoms with van der Waals surface area (Å²) in [6, 6.07) is 14.7. The van der Waals surface area contributed by atoms with Crippen molar-refractivity contribution in [1.82, 2.24) is 4.98 Å². The number of hydrogen-bond acceptors (Lipinski definition) is 4. The number of carbonyl (C=O) groups excluding carboxylic acids is 1. The number of benzene rings is 2. The third-order valence-corrected chi connectivity index (χ3v) is 4.40. The van der Waals surface area contributed by atoms with Gasteiger partial charge in [-0.05, 0) is 29.8 Å². The smallest absolute Gasteiger partial charge is 0.257 e. The van der Waals surface area contributed by atoms with Gasteiger partial charge >= 0.3 is 0 Å². The van der Waals surface area contributed by atoms with Crippen molar-refractivity contribution in [1.29, 1.82) is 0 Å². The first-order valence-electron chi connectivity index (χ1n) is 7.26. The number of rotatable bonds is 5. The van der Waals surface area contributed by atoms with Crippen molar-refractivity contribution in [2.45, 2.75) is 6.61 Å². The largest absolute Gasteiger partial charge is 0.380 e. The van der Waals surface area contributed by atoms with Crippen LogP contribution in [0.4, 0.5) is 5.13 Å². The van der Waals surface area contributed by atoms with Crippen molar-refractivity contribution in [3.05, 3.63) is 70.1 Å². The minimum atomic E-state index is -0.184. The van der Waals surface area contributed by atoms with Crippen molar-refractivity contribution in [3.63, 3.8) is 0 Å². The molecule has 122 valence electrons. The van der Waals surface area contributed by atoms with Gasteiger partial charge in [0.1, 0.15) is 0 Å². The first-order valence-corrected chi connectivity index (χ1v) is 8.52. The van der Waals surface area contributed by atoms with Gasteiger partial charge in [0.05, 0.1) is 12.3 Å². The van der Waals surface area contributed by atoms with E-state index in [1.165, 1.54) is 11.3 Å². The van der Waals surface area contributed by atoms with Gasteiger partial charge in [-0.25, -0.2) is 4.98 Å². The number of amides is 1. The Morgan fingerprint density at radius 3 is 2.54 bits per heavy atom. The molecule has 0 spiro atoms. The molecular formula is C18H15ClN2O2S. The molecular weight excluding hydrogens is 344 g/mol. The van der Waals surface area contributed by atoms with Crippen LogP contribution in [0.3, 0.4) is 0 Å². The van der Waals surface area contributed by atoms with Gasteiger partial charge in [-0.15, -0.1) is 11.3 Å². The van der Waals surface area contributed by atoms with Crippen molar-refractivity contribution in [2.24, 2.45) is 0 Å².